The fraction of sp³-hybridized carbons (Fsp3) is 0.143. The van der Waals surface area contributed by atoms with E-state index in [2.05, 4.69) is 231 Å². The van der Waals surface area contributed by atoms with Gasteiger partial charge in [-0.05, 0) is 93.9 Å². The monoisotopic (exact) mass is 724 g/mol. The summed E-state index contributed by atoms with van der Waals surface area (Å²) in [5.41, 5.74) is 13.8. The Morgan fingerprint density at radius 2 is 1.14 bits per heavy atom. The summed E-state index contributed by atoms with van der Waals surface area (Å²) in [4.78, 5) is 0. The van der Waals surface area contributed by atoms with Gasteiger partial charge in [-0.1, -0.05) is 231 Å². The minimum atomic E-state index is 0.190. The maximum absolute atomic E-state index is 2.48. The van der Waals surface area contributed by atoms with Crippen LogP contribution in [0.25, 0.3) is 16.7 Å². The van der Waals surface area contributed by atoms with Gasteiger partial charge in [0, 0.05) is 11.8 Å². The van der Waals surface area contributed by atoms with Gasteiger partial charge in [-0.3, -0.25) is 0 Å². The second-order valence-electron chi connectivity index (χ2n) is 14.7. The van der Waals surface area contributed by atoms with E-state index in [0.29, 0.717) is 5.92 Å². The lowest BCUT2D eigenvalue weighted by Crippen LogP contribution is -2.03. The van der Waals surface area contributed by atoms with E-state index in [9.17, 15) is 0 Å². The third-order valence-corrected chi connectivity index (χ3v) is 10.8. The maximum atomic E-state index is 2.48. The van der Waals surface area contributed by atoms with Crippen molar-refractivity contribution in [2.24, 2.45) is 0 Å². The minimum Gasteiger partial charge on any atom is -0.0844 e. The normalized spacial score (nSPS) is 21.6. The molecule has 5 aromatic rings. The second-order valence-corrected chi connectivity index (χ2v) is 14.7. The van der Waals surface area contributed by atoms with Crippen molar-refractivity contribution < 1.29 is 0 Å². The fourth-order valence-corrected chi connectivity index (χ4v) is 7.72. The lowest BCUT2D eigenvalue weighted by Gasteiger charge is -2.21. The van der Waals surface area contributed by atoms with Gasteiger partial charge in [-0.2, -0.15) is 0 Å². The number of hydrogen-bond donors (Lipinski definition) is 0. The standard InChI is InChI=1S/C56H52/c1-44(46-26-10-3-11-27-46)52-40-41-55(50-34-18-7-19-35-50)56(51-36-20-8-21-37-51)43-53(47-28-12-4-13-29-47)38-23-25-45(42-52)24-9-2-22-39-54(48-30-14-5-15-31-48)49-32-16-6-17-33-49/h2-5,7-15,18-23,25-32,34-44,54H,6,16-17,24,33H2,1H3/b9-2-,25-23+,38-23?,39-22-,41-40?,45-25?,45-42-,52-40+,52-42?,53-38-,53-43?,55-41-,56-43-,56-55?. The molecule has 0 bridgehead atoms. The van der Waals surface area contributed by atoms with E-state index < -0.39 is 0 Å². The number of benzene rings is 5. The Labute approximate surface area is 335 Å². The fourth-order valence-electron chi connectivity index (χ4n) is 7.72. The van der Waals surface area contributed by atoms with Crippen LogP contribution in [0, 0.1) is 0 Å². The van der Waals surface area contributed by atoms with Crippen LogP contribution >= 0.6 is 0 Å². The lowest BCUT2D eigenvalue weighted by atomic mass is 9.84. The van der Waals surface area contributed by atoms with Crippen LogP contribution in [0.1, 0.15) is 78.7 Å². The van der Waals surface area contributed by atoms with Gasteiger partial charge in [0.15, 0.2) is 0 Å². The highest BCUT2D eigenvalue weighted by atomic mass is 14.2. The van der Waals surface area contributed by atoms with E-state index in [0.717, 1.165) is 12.0 Å². The van der Waals surface area contributed by atoms with Crippen molar-refractivity contribution in [3.8, 4) is 0 Å². The van der Waals surface area contributed by atoms with Crippen molar-refractivity contribution in [3.05, 3.63) is 269 Å². The predicted molar refractivity (Wildman–Crippen MR) is 242 cm³/mol. The number of hydrogen-bond acceptors (Lipinski definition) is 0. The second kappa shape index (κ2) is 19.9. The summed E-state index contributed by atoms with van der Waals surface area (Å²) in [6, 6.07) is 54.2. The molecule has 0 radical (unpaired) electrons. The molecule has 2 unspecified atom stereocenters. The highest BCUT2D eigenvalue weighted by Crippen LogP contribution is 2.37. The largest absolute Gasteiger partial charge is 0.0844 e. The molecule has 0 spiro atoms. The van der Waals surface area contributed by atoms with E-state index >= 15 is 0 Å². The van der Waals surface area contributed by atoms with Crippen LogP contribution in [0.15, 0.2) is 241 Å². The minimum absolute atomic E-state index is 0.190. The maximum Gasteiger partial charge on any atom is 0.0231 e. The Balaban J connectivity index is 1.32. The molecule has 0 N–H and O–H groups in total. The number of allylic oxidation sites excluding steroid dienone is 18. The van der Waals surface area contributed by atoms with Crippen LogP contribution in [0.3, 0.4) is 0 Å². The first-order valence-electron chi connectivity index (χ1n) is 20.2. The molecule has 0 heteroatoms. The van der Waals surface area contributed by atoms with Gasteiger partial charge in [0.1, 0.15) is 0 Å². The van der Waals surface area contributed by atoms with Crippen LogP contribution in [0.2, 0.25) is 0 Å². The first-order chi connectivity index (χ1) is 27.7. The highest BCUT2D eigenvalue weighted by molar-refractivity contribution is 6.08. The Morgan fingerprint density at radius 1 is 0.554 bits per heavy atom. The van der Waals surface area contributed by atoms with E-state index in [1.54, 1.807) is 5.57 Å². The molecule has 0 saturated heterocycles. The zero-order valence-corrected chi connectivity index (χ0v) is 32.6. The molecule has 56 heavy (non-hydrogen) atoms. The molecule has 0 amide bonds. The van der Waals surface area contributed by atoms with E-state index in [-0.39, 0.29) is 5.92 Å². The van der Waals surface area contributed by atoms with E-state index in [1.165, 1.54) is 75.8 Å². The molecule has 0 nitrogen and oxygen atoms in total. The third-order valence-electron chi connectivity index (χ3n) is 10.8. The van der Waals surface area contributed by atoms with Crippen molar-refractivity contribution in [3.63, 3.8) is 0 Å². The number of rotatable bonds is 11. The SMILES string of the molecule is CC(C1=C/C=C(c2ccccc2)\C(c2ccccc2)=C/C(c2ccccc2)=C/C=C/C(C/C=C\C=C/C(C2=CCCCC2)c2ccccc2)=C\1)c1ccccc1. The molecule has 2 aliphatic carbocycles. The molecule has 276 valence electrons. The van der Waals surface area contributed by atoms with E-state index in [4.69, 9.17) is 0 Å². The summed E-state index contributed by atoms with van der Waals surface area (Å²) in [7, 11) is 0. The van der Waals surface area contributed by atoms with Gasteiger partial charge in [0.05, 0.1) is 0 Å². The van der Waals surface area contributed by atoms with Crippen LogP contribution in [0.5, 0.6) is 0 Å². The molecule has 0 aliphatic heterocycles. The zero-order chi connectivity index (χ0) is 38.2. The molecule has 0 saturated carbocycles. The third kappa shape index (κ3) is 10.3. The quantitative estimate of drug-likeness (QED) is 0.0940. The molecule has 5 aromatic carbocycles. The van der Waals surface area contributed by atoms with Gasteiger partial charge >= 0.3 is 0 Å². The van der Waals surface area contributed by atoms with Crippen LogP contribution in [0.4, 0.5) is 0 Å². The molecule has 7 rings (SSSR count). The Hall–Kier alpha value is -6.24. The first-order valence-corrected chi connectivity index (χ1v) is 20.2. The molecule has 0 fully saturated rings. The molecule has 2 atom stereocenters. The Bertz CT molecular complexity index is 2290. The average Bonchev–Trinajstić information content (AvgIpc) is 3.27. The summed E-state index contributed by atoms with van der Waals surface area (Å²) in [5, 5.41) is 0. The smallest absolute Gasteiger partial charge is 0.0231 e. The van der Waals surface area contributed by atoms with Gasteiger partial charge in [0.2, 0.25) is 0 Å². The average molecular weight is 725 g/mol. The van der Waals surface area contributed by atoms with Crippen molar-refractivity contribution >= 4 is 16.7 Å². The lowest BCUT2D eigenvalue weighted by molar-refractivity contribution is 0.672. The summed E-state index contributed by atoms with van der Waals surface area (Å²) in [5.74, 6) is 0.512. The van der Waals surface area contributed by atoms with Crippen LogP contribution in [-0.4, -0.2) is 0 Å². The van der Waals surface area contributed by atoms with Crippen molar-refractivity contribution in [2.75, 3.05) is 0 Å². The van der Waals surface area contributed by atoms with Crippen LogP contribution < -0.4 is 0 Å². The van der Waals surface area contributed by atoms with Gasteiger partial charge in [-0.25, -0.2) is 0 Å². The zero-order valence-electron chi connectivity index (χ0n) is 32.6. The summed E-state index contributed by atoms with van der Waals surface area (Å²) >= 11 is 0. The Morgan fingerprint density at radius 3 is 1.77 bits per heavy atom. The van der Waals surface area contributed by atoms with Crippen molar-refractivity contribution in [2.45, 2.75) is 50.9 Å². The predicted octanol–water partition coefficient (Wildman–Crippen LogP) is 15.3. The molecule has 0 heterocycles. The first kappa shape index (κ1) is 38.1. The topological polar surface area (TPSA) is 0 Å². The summed E-state index contributed by atoms with van der Waals surface area (Å²) < 4.78 is 0. The molecular formula is C56H52. The van der Waals surface area contributed by atoms with Crippen molar-refractivity contribution in [1.29, 1.82) is 0 Å². The van der Waals surface area contributed by atoms with Crippen LogP contribution in [-0.2, 0) is 0 Å². The van der Waals surface area contributed by atoms with E-state index in [1.807, 2.05) is 0 Å². The van der Waals surface area contributed by atoms with Crippen molar-refractivity contribution in [1.82, 2.24) is 0 Å². The van der Waals surface area contributed by atoms with Gasteiger partial charge in [0.25, 0.3) is 0 Å². The van der Waals surface area contributed by atoms with Gasteiger partial charge < -0.3 is 0 Å². The Kier molecular flexibility index (Phi) is 13.5. The molecule has 0 aromatic heterocycles. The summed E-state index contributed by atoms with van der Waals surface area (Å²) in [6.07, 6.45) is 33.7. The molecule has 2 aliphatic rings. The molecular weight excluding hydrogens is 673 g/mol. The van der Waals surface area contributed by atoms with Gasteiger partial charge in [-0.15, -0.1) is 0 Å². The highest BCUT2D eigenvalue weighted by Gasteiger charge is 2.16. The summed E-state index contributed by atoms with van der Waals surface area (Å²) in [6.45, 7) is 2.32.